The average Bonchev–Trinajstić information content (AvgIpc) is 1.84. The molecule has 0 spiro atoms. The van der Waals surface area contributed by atoms with Crippen molar-refractivity contribution in [2.75, 3.05) is 19.6 Å². The highest BCUT2D eigenvalue weighted by atomic mass is 31.2. The average molecular weight is 184 g/mol. The van der Waals surface area contributed by atoms with Gasteiger partial charge in [0.15, 0.2) is 0 Å². The van der Waals surface area contributed by atoms with E-state index in [2.05, 4.69) is 4.62 Å². The Bertz CT molecular complexity index is 147. The standard InChI is InChI=1S/C4H13N2O4P/c1-2-6(4-3-5)10-11(7,8)9/h2-5H2,1H3,(H2,7,8,9). The first-order valence-electron chi connectivity index (χ1n) is 3.20. The van der Waals surface area contributed by atoms with E-state index in [0.717, 1.165) is 5.06 Å². The van der Waals surface area contributed by atoms with E-state index >= 15 is 0 Å². The highest BCUT2D eigenvalue weighted by Crippen LogP contribution is 2.36. The highest BCUT2D eigenvalue weighted by Gasteiger charge is 2.18. The van der Waals surface area contributed by atoms with Gasteiger partial charge in [-0.2, -0.15) is 9.69 Å². The predicted molar refractivity (Wildman–Crippen MR) is 39.4 cm³/mol. The Morgan fingerprint density at radius 2 is 2.18 bits per heavy atom. The summed E-state index contributed by atoms with van der Waals surface area (Å²) in [7, 11) is -4.40. The third-order valence-corrected chi connectivity index (χ3v) is 1.40. The molecule has 0 aromatic heterocycles. The van der Waals surface area contributed by atoms with Crippen LogP contribution < -0.4 is 5.73 Å². The number of hydrogen-bond acceptors (Lipinski definition) is 4. The quantitative estimate of drug-likeness (QED) is 0.386. The van der Waals surface area contributed by atoms with E-state index in [9.17, 15) is 4.57 Å². The smallest absolute Gasteiger partial charge is 0.329 e. The molecule has 0 aliphatic heterocycles. The van der Waals surface area contributed by atoms with Crippen molar-refractivity contribution in [2.24, 2.45) is 5.73 Å². The summed E-state index contributed by atoms with van der Waals surface area (Å²) in [6.45, 7) is 2.71. The van der Waals surface area contributed by atoms with Gasteiger partial charge in [-0.1, -0.05) is 6.92 Å². The number of nitrogens with zero attached hydrogens (tertiary/aromatic N) is 1. The van der Waals surface area contributed by atoms with Crippen molar-refractivity contribution in [1.82, 2.24) is 5.06 Å². The molecule has 4 N–H and O–H groups in total. The molecule has 0 unspecified atom stereocenters. The predicted octanol–water partition coefficient (Wildman–Crippen LogP) is -0.709. The van der Waals surface area contributed by atoms with Gasteiger partial charge in [0.2, 0.25) is 0 Å². The van der Waals surface area contributed by atoms with E-state index in [1.807, 2.05) is 0 Å². The third-order valence-electron chi connectivity index (χ3n) is 0.953. The molecule has 11 heavy (non-hydrogen) atoms. The third kappa shape index (κ3) is 6.43. The molecule has 0 radical (unpaired) electrons. The van der Waals surface area contributed by atoms with Gasteiger partial charge >= 0.3 is 7.82 Å². The first-order valence-corrected chi connectivity index (χ1v) is 4.73. The van der Waals surface area contributed by atoms with Crippen molar-refractivity contribution in [1.29, 1.82) is 0 Å². The Hall–Kier alpha value is 0.0300. The first-order chi connectivity index (χ1) is 4.99. The number of likely N-dealkylation sites (N-methyl/N-ethyl adjacent to an activating group) is 1. The highest BCUT2D eigenvalue weighted by molar-refractivity contribution is 7.46. The topological polar surface area (TPSA) is 96.0 Å². The van der Waals surface area contributed by atoms with Gasteiger partial charge in [0.25, 0.3) is 0 Å². The van der Waals surface area contributed by atoms with Gasteiger partial charge in [0, 0.05) is 19.6 Å². The lowest BCUT2D eigenvalue weighted by Crippen LogP contribution is -2.28. The molecule has 0 rings (SSSR count). The van der Waals surface area contributed by atoms with Crippen molar-refractivity contribution >= 4 is 7.82 Å². The van der Waals surface area contributed by atoms with Gasteiger partial charge in [0.1, 0.15) is 0 Å². The van der Waals surface area contributed by atoms with E-state index in [-0.39, 0.29) is 0 Å². The minimum absolute atomic E-state index is 0.299. The summed E-state index contributed by atoms with van der Waals surface area (Å²) in [5, 5.41) is 1.13. The molecule has 0 amide bonds. The van der Waals surface area contributed by atoms with Crippen LogP contribution in [0.2, 0.25) is 0 Å². The molecular weight excluding hydrogens is 171 g/mol. The summed E-state index contributed by atoms with van der Waals surface area (Å²) in [6, 6.07) is 0. The van der Waals surface area contributed by atoms with Crippen LogP contribution in [0, 0.1) is 0 Å². The largest absolute Gasteiger partial charge is 0.486 e. The number of rotatable bonds is 5. The molecule has 0 atom stereocenters. The molecule has 0 aliphatic carbocycles. The Kier molecular flexibility index (Phi) is 4.83. The molecule has 0 aromatic carbocycles. The maximum absolute atomic E-state index is 10.3. The number of hydrogen-bond donors (Lipinski definition) is 3. The second kappa shape index (κ2) is 4.82. The van der Waals surface area contributed by atoms with E-state index in [0.29, 0.717) is 19.6 Å². The lowest BCUT2D eigenvalue weighted by molar-refractivity contribution is -0.0741. The molecule has 68 valence electrons. The van der Waals surface area contributed by atoms with Crippen molar-refractivity contribution < 1.29 is 19.0 Å². The minimum atomic E-state index is -4.40. The van der Waals surface area contributed by atoms with Crippen LogP contribution in [0.25, 0.3) is 0 Å². The van der Waals surface area contributed by atoms with Crippen LogP contribution in [-0.4, -0.2) is 34.5 Å². The summed E-state index contributed by atoms with van der Waals surface area (Å²) in [5.74, 6) is 0. The van der Waals surface area contributed by atoms with E-state index in [4.69, 9.17) is 15.5 Å². The van der Waals surface area contributed by atoms with Gasteiger partial charge in [-0.05, 0) is 0 Å². The summed E-state index contributed by atoms with van der Waals surface area (Å²) in [4.78, 5) is 16.7. The van der Waals surface area contributed by atoms with E-state index in [1.165, 1.54) is 0 Å². The summed E-state index contributed by atoms with van der Waals surface area (Å²) < 4.78 is 14.5. The van der Waals surface area contributed by atoms with E-state index < -0.39 is 7.82 Å². The fourth-order valence-corrected chi connectivity index (χ4v) is 1.05. The van der Waals surface area contributed by atoms with E-state index in [1.54, 1.807) is 6.92 Å². The van der Waals surface area contributed by atoms with Crippen LogP contribution >= 0.6 is 7.82 Å². The van der Waals surface area contributed by atoms with Gasteiger partial charge in [-0.15, -0.1) is 0 Å². The van der Waals surface area contributed by atoms with Crippen LogP contribution in [0.15, 0.2) is 0 Å². The molecule has 0 fully saturated rings. The summed E-state index contributed by atoms with van der Waals surface area (Å²) in [6.07, 6.45) is 0. The molecule has 0 heterocycles. The second-order valence-corrected chi connectivity index (χ2v) is 3.03. The van der Waals surface area contributed by atoms with Gasteiger partial charge in [0.05, 0.1) is 0 Å². The maximum Gasteiger partial charge on any atom is 0.486 e. The number of phosphoric acid groups is 1. The van der Waals surface area contributed by atoms with Gasteiger partial charge in [-0.3, -0.25) is 0 Å². The van der Waals surface area contributed by atoms with Crippen molar-refractivity contribution in [3.05, 3.63) is 0 Å². The normalized spacial score (nSPS) is 12.5. The van der Waals surface area contributed by atoms with Crippen molar-refractivity contribution in [3.8, 4) is 0 Å². The Labute approximate surface area is 65.1 Å². The van der Waals surface area contributed by atoms with Crippen LogP contribution in [0.4, 0.5) is 0 Å². The molecule has 0 bridgehead atoms. The van der Waals surface area contributed by atoms with Crippen molar-refractivity contribution in [3.63, 3.8) is 0 Å². The Morgan fingerprint density at radius 3 is 2.45 bits per heavy atom. The molecule has 0 aromatic rings. The monoisotopic (exact) mass is 184 g/mol. The van der Waals surface area contributed by atoms with Gasteiger partial charge in [-0.25, -0.2) is 4.57 Å². The zero-order valence-corrected chi connectivity index (χ0v) is 7.20. The summed E-state index contributed by atoms with van der Waals surface area (Å²) in [5.41, 5.74) is 5.15. The fourth-order valence-electron chi connectivity index (χ4n) is 0.551. The zero-order chi connectivity index (χ0) is 8.91. The Morgan fingerprint density at radius 1 is 1.64 bits per heavy atom. The maximum atomic E-state index is 10.3. The van der Waals surface area contributed by atoms with Crippen molar-refractivity contribution in [2.45, 2.75) is 6.92 Å². The molecule has 0 aliphatic rings. The molecule has 7 heteroatoms. The first kappa shape index (κ1) is 11.0. The number of nitrogens with two attached hydrogens (primary N) is 1. The molecule has 0 saturated carbocycles. The lowest BCUT2D eigenvalue weighted by atomic mass is 10.6. The molecule has 6 nitrogen and oxygen atoms in total. The lowest BCUT2D eigenvalue weighted by Gasteiger charge is -2.18. The van der Waals surface area contributed by atoms with Crippen LogP contribution in [0.5, 0.6) is 0 Å². The minimum Gasteiger partial charge on any atom is -0.329 e. The fraction of sp³-hybridized carbons (Fsp3) is 1.00. The Balaban J connectivity index is 3.78. The zero-order valence-electron chi connectivity index (χ0n) is 6.30. The molecular formula is C4H13N2O4P. The summed E-state index contributed by atoms with van der Waals surface area (Å²) >= 11 is 0. The SMILES string of the molecule is CCN(CCN)OP(=O)(O)O. The van der Waals surface area contributed by atoms with Crippen LogP contribution in [0.3, 0.4) is 0 Å². The second-order valence-electron chi connectivity index (χ2n) is 1.88. The van der Waals surface area contributed by atoms with Crippen LogP contribution in [-0.2, 0) is 9.19 Å². The van der Waals surface area contributed by atoms with Gasteiger partial charge < -0.3 is 15.5 Å². The number of hydroxylamine groups is 2. The van der Waals surface area contributed by atoms with Crippen LogP contribution in [0.1, 0.15) is 6.92 Å². The molecule has 0 saturated heterocycles.